The molecule has 2 rings (SSSR count). The van der Waals surface area contributed by atoms with Gasteiger partial charge in [-0.15, -0.1) is 0 Å². The summed E-state index contributed by atoms with van der Waals surface area (Å²) in [6, 6.07) is 12.7. The van der Waals surface area contributed by atoms with Gasteiger partial charge >= 0.3 is 0 Å². The zero-order chi connectivity index (χ0) is 18.4. The van der Waals surface area contributed by atoms with Crippen molar-refractivity contribution < 1.29 is 13.2 Å². The Morgan fingerprint density at radius 1 is 1.12 bits per heavy atom. The Morgan fingerprint density at radius 3 is 2.36 bits per heavy atom. The number of amides is 1. The summed E-state index contributed by atoms with van der Waals surface area (Å²) in [6.07, 6.45) is 4.36. The van der Waals surface area contributed by atoms with Crippen molar-refractivity contribution >= 4 is 33.4 Å². The van der Waals surface area contributed by atoms with Gasteiger partial charge < -0.3 is 5.32 Å². The van der Waals surface area contributed by atoms with Crippen molar-refractivity contribution in [3.05, 3.63) is 75.8 Å². The minimum atomic E-state index is -3.04. The number of nitrogens with one attached hydrogen (secondary N) is 1. The summed E-state index contributed by atoms with van der Waals surface area (Å²) < 4.78 is 22.5. The number of carbonyl (C=O) groups excluding carboxylic acids is 1. The number of hydrogen-bond donors (Lipinski definition) is 1. The minimum Gasteiger partial charge on any atom is -0.348 e. The van der Waals surface area contributed by atoms with E-state index in [0.29, 0.717) is 11.6 Å². The predicted molar refractivity (Wildman–Crippen MR) is 102 cm³/mol. The van der Waals surface area contributed by atoms with Crippen LogP contribution in [0.2, 0.25) is 5.02 Å². The Balaban J connectivity index is 1.89. The van der Waals surface area contributed by atoms with Crippen molar-refractivity contribution in [2.24, 2.45) is 0 Å². The van der Waals surface area contributed by atoms with Crippen LogP contribution >= 0.6 is 11.6 Å². The van der Waals surface area contributed by atoms with Gasteiger partial charge in [-0.05, 0) is 41.3 Å². The highest BCUT2D eigenvalue weighted by Crippen LogP contribution is 2.17. The molecule has 0 saturated heterocycles. The first kappa shape index (κ1) is 19.2. The minimum absolute atomic E-state index is 0.0154. The summed E-state index contributed by atoms with van der Waals surface area (Å²) in [5.41, 5.74) is 3.48. The first-order valence-electron chi connectivity index (χ1n) is 7.70. The number of rotatable bonds is 6. The zero-order valence-corrected chi connectivity index (χ0v) is 15.7. The molecule has 132 valence electrons. The molecule has 0 saturated carbocycles. The topological polar surface area (TPSA) is 63.2 Å². The summed E-state index contributed by atoms with van der Waals surface area (Å²) in [7, 11) is -3.04. The van der Waals surface area contributed by atoms with E-state index in [2.05, 4.69) is 5.32 Å². The quantitative estimate of drug-likeness (QED) is 0.783. The zero-order valence-electron chi connectivity index (χ0n) is 14.1. The van der Waals surface area contributed by atoms with Crippen LogP contribution in [0.15, 0.2) is 48.5 Å². The molecule has 0 atom stereocenters. The van der Waals surface area contributed by atoms with Crippen molar-refractivity contribution in [1.29, 1.82) is 0 Å². The lowest BCUT2D eigenvalue weighted by Crippen LogP contribution is -2.20. The smallest absolute Gasteiger partial charge is 0.244 e. The van der Waals surface area contributed by atoms with Crippen LogP contribution < -0.4 is 5.32 Å². The summed E-state index contributed by atoms with van der Waals surface area (Å²) in [5, 5.41) is 3.45. The van der Waals surface area contributed by atoms with Crippen molar-refractivity contribution in [3.8, 4) is 0 Å². The summed E-state index contributed by atoms with van der Waals surface area (Å²) in [6.45, 7) is 2.29. The molecule has 1 amide bonds. The lowest BCUT2D eigenvalue weighted by Gasteiger charge is -2.05. The van der Waals surface area contributed by atoms with E-state index in [9.17, 15) is 13.2 Å². The molecule has 25 heavy (non-hydrogen) atoms. The van der Waals surface area contributed by atoms with Crippen molar-refractivity contribution in [1.82, 2.24) is 5.32 Å². The molecule has 0 aliphatic carbocycles. The van der Waals surface area contributed by atoms with Gasteiger partial charge in [0.15, 0.2) is 9.84 Å². The van der Waals surface area contributed by atoms with Crippen LogP contribution in [0.25, 0.3) is 6.08 Å². The molecule has 6 heteroatoms. The molecule has 0 spiro atoms. The maximum Gasteiger partial charge on any atom is 0.244 e. The van der Waals surface area contributed by atoms with Gasteiger partial charge in [0.2, 0.25) is 5.91 Å². The Labute approximate surface area is 153 Å². The van der Waals surface area contributed by atoms with E-state index >= 15 is 0 Å². The fourth-order valence-corrected chi connectivity index (χ4v) is 3.18. The van der Waals surface area contributed by atoms with E-state index in [4.69, 9.17) is 11.6 Å². The van der Waals surface area contributed by atoms with E-state index in [1.165, 1.54) is 12.3 Å². The molecule has 0 unspecified atom stereocenters. The highest BCUT2D eigenvalue weighted by molar-refractivity contribution is 7.89. The van der Waals surface area contributed by atoms with Crippen LogP contribution in [-0.2, 0) is 26.9 Å². The van der Waals surface area contributed by atoms with Crippen LogP contribution in [-0.4, -0.2) is 20.6 Å². The van der Waals surface area contributed by atoms with E-state index in [1.54, 1.807) is 24.3 Å². The van der Waals surface area contributed by atoms with E-state index < -0.39 is 9.84 Å². The predicted octanol–water partition coefficient (Wildman–Crippen LogP) is 3.52. The molecular weight excluding hydrogens is 358 g/mol. The number of aryl methyl sites for hydroxylation is 1. The monoisotopic (exact) mass is 377 g/mol. The molecule has 0 aromatic heterocycles. The molecular formula is C19H20ClNO3S. The SMILES string of the molecule is Cc1ccc(C=CC(=O)NCc2ccc(CS(C)(=O)=O)cc2)cc1Cl. The molecule has 2 aromatic carbocycles. The van der Waals surface area contributed by atoms with Gasteiger partial charge in [0.05, 0.1) is 5.75 Å². The Bertz CT molecular complexity index is 887. The number of carbonyl (C=O) groups is 1. The Hall–Kier alpha value is -2.11. The standard InChI is InChI=1S/C19H20ClNO3S/c1-14-3-4-15(11-18(14)20)9-10-19(22)21-12-16-5-7-17(8-6-16)13-25(2,23)24/h3-11H,12-13H2,1-2H3,(H,21,22). The maximum absolute atomic E-state index is 11.9. The average Bonchev–Trinajstić information content (AvgIpc) is 2.54. The maximum atomic E-state index is 11.9. The van der Waals surface area contributed by atoms with Crippen molar-refractivity contribution in [2.75, 3.05) is 6.26 Å². The first-order valence-corrected chi connectivity index (χ1v) is 10.1. The molecule has 0 aliphatic heterocycles. The van der Waals surface area contributed by atoms with Crippen molar-refractivity contribution in [3.63, 3.8) is 0 Å². The third-order valence-electron chi connectivity index (χ3n) is 3.54. The van der Waals surface area contributed by atoms with Crippen LogP contribution in [0.5, 0.6) is 0 Å². The lowest BCUT2D eigenvalue weighted by atomic mass is 10.1. The van der Waals surface area contributed by atoms with Crippen LogP contribution in [0, 0.1) is 6.92 Å². The lowest BCUT2D eigenvalue weighted by molar-refractivity contribution is -0.116. The first-order chi connectivity index (χ1) is 11.7. The van der Waals surface area contributed by atoms with Crippen LogP contribution in [0.3, 0.4) is 0 Å². The molecule has 1 N–H and O–H groups in total. The van der Waals surface area contributed by atoms with Gasteiger partial charge in [-0.25, -0.2) is 8.42 Å². The molecule has 0 fully saturated rings. The number of sulfone groups is 1. The van der Waals surface area contributed by atoms with Crippen LogP contribution in [0.1, 0.15) is 22.3 Å². The third kappa shape index (κ3) is 6.72. The Kier molecular flexibility index (Phi) is 6.39. The van der Waals surface area contributed by atoms with E-state index in [0.717, 1.165) is 22.3 Å². The fraction of sp³-hybridized carbons (Fsp3) is 0.211. The summed E-state index contributed by atoms with van der Waals surface area (Å²) in [4.78, 5) is 11.9. The second kappa shape index (κ2) is 8.32. The van der Waals surface area contributed by atoms with E-state index in [1.807, 2.05) is 31.2 Å². The molecule has 0 aliphatic rings. The van der Waals surface area contributed by atoms with Gasteiger partial charge in [-0.2, -0.15) is 0 Å². The van der Waals surface area contributed by atoms with Gasteiger partial charge in [-0.1, -0.05) is 48.0 Å². The molecule has 0 heterocycles. The van der Waals surface area contributed by atoms with Gasteiger partial charge in [0, 0.05) is 23.9 Å². The number of halogens is 1. The largest absolute Gasteiger partial charge is 0.348 e. The van der Waals surface area contributed by atoms with Crippen molar-refractivity contribution in [2.45, 2.75) is 19.2 Å². The highest BCUT2D eigenvalue weighted by Gasteiger charge is 2.04. The fourth-order valence-electron chi connectivity index (χ4n) is 2.19. The van der Waals surface area contributed by atoms with Crippen LogP contribution in [0.4, 0.5) is 0 Å². The summed E-state index contributed by atoms with van der Waals surface area (Å²) >= 11 is 6.05. The second-order valence-corrected chi connectivity index (χ2v) is 8.49. The van der Waals surface area contributed by atoms with Gasteiger partial charge in [-0.3, -0.25) is 4.79 Å². The third-order valence-corrected chi connectivity index (χ3v) is 4.81. The van der Waals surface area contributed by atoms with E-state index in [-0.39, 0.29) is 11.7 Å². The summed E-state index contributed by atoms with van der Waals surface area (Å²) in [5.74, 6) is -0.196. The van der Waals surface area contributed by atoms with Gasteiger partial charge in [0.1, 0.15) is 0 Å². The number of benzene rings is 2. The average molecular weight is 378 g/mol. The normalized spacial score (nSPS) is 11.6. The van der Waals surface area contributed by atoms with Gasteiger partial charge in [0.25, 0.3) is 0 Å². The number of hydrogen-bond acceptors (Lipinski definition) is 3. The molecule has 0 bridgehead atoms. The molecule has 0 radical (unpaired) electrons. The molecule has 4 nitrogen and oxygen atoms in total. The highest BCUT2D eigenvalue weighted by atomic mass is 35.5. The molecule has 2 aromatic rings. The Morgan fingerprint density at radius 2 is 1.76 bits per heavy atom. The second-order valence-electron chi connectivity index (χ2n) is 5.95.